The number of nitro groups is 1. The number of hydrogen-bond donors (Lipinski definition) is 0. The van der Waals surface area contributed by atoms with E-state index in [1.54, 1.807) is 0 Å². The van der Waals surface area contributed by atoms with Crippen LogP contribution in [-0.2, 0) is 0 Å². The summed E-state index contributed by atoms with van der Waals surface area (Å²) in [5.74, 6) is 0.0619. The maximum atomic E-state index is 11.0. The molecule has 0 saturated carbocycles. The van der Waals surface area contributed by atoms with E-state index in [2.05, 4.69) is 0 Å². The first-order chi connectivity index (χ1) is 7.61. The average molecular weight is 221 g/mol. The summed E-state index contributed by atoms with van der Waals surface area (Å²) in [4.78, 5) is 21.1. The Morgan fingerprint density at radius 3 is 2.75 bits per heavy atom. The molecule has 0 unspecified atom stereocenters. The Labute approximate surface area is 89.2 Å². The second-order valence-corrected chi connectivity index (χ2v) is 3.07. The van der Waals surface area contributed by atoms with Crippen molar-refractivity contribution >= 4 is 16.7 Å². The monoisotopic (exact) mass is 221 g/mol. The highest BCUT2D eigenvalue weighted by Gasteiger charge is 2.16. The average Bonchev–Trinajstić information content (AvgIpc) is 2.26. The van der Waals surface area contributed by atoms with Crippen LogP contribution in [0.15, 0.2) is 33.5 Å². The van der Waals surface area contributed by atoms with E-state index >= 15 is 0 Å². The van der Waals surface area contributed by atoms with Gasteiger partial charge in [-0.3, -0.25) is 10.1 Å². The highest BCUT2D eigenvalue weighted by molar-refractivity contribution is 5.82. The summed E-state index contributed by atoms with van der Waals surface area (Å²) in [6.45, 7) is 0. The summed E-state index contributed by atoms with van der Waals surface area (Å²) in [6, 6.07) is 5.30. The van der Waals surface area contributed by atoms with Gasteiger partial charge in [-0.05, 0) is 6.07 Å². The molecule has 0 saturated heterocycles. The highest BCUT2D eigenvalue weighted by atomic mass is 16.6. The maximum Gasteiger partial charge on any atom is 0.336 e. The molecule has 0 amide bonds. The third-order valence-corrected chi connectivity index (χ3v) is 2.12. The minimum atomic E-state index is -0.552. The Bertz CT molecular complexity index is 616. The van der Waals surface area contributed by atoms with Gasteiger partial charge in [0.25, 0.3) is 0 Å². The third kappa shape index (κ3) is 1.60. The van der Waals surface area contributed by atoms with Gasteiger partial charge in [-0.1, -0.05) is 0 Å². The van der Waals surface area contributed by atoms with Gasteiger partial charge in [0.05, 0.1) is 12.0 Å². The van der Waals surface area contributed by atoms with Gasteiger partial charge >= 0.3 is 11.3 Å². The molecule has 6 nitrogen and oxygen atoms in total. The number of rotatable bonds is 2. The molecule has 0 radical (unpaired) electrons. The van der Waals surface area contributed by atoms with Crippen molar-refractivity contribution in [2.24, 2.45) is 0 Å². The van der Waals surface area contributed by atoms with Crippen molar-refractivity contribution in [3.05, 3.63) is 44.8 Å². The molecule has 0 aliphatic heterocycles. The molecular weight excluding hydrogens is 214 g/mol. The predicted octanol–water partition coefficient (Wildman–Crippen LogP) is 1.71. The Balaban J connectivity index is 2.80. The molecule has 1 heterocycles. The number of hydrogen-bond acceptors (Lipinski definition) is 5. The van der Waals surface area contributed by atoms with Crippen molar-refractivity contribution in [2.75, 3.05) is 7.11 Å². The van der Waals surface area contributed by atoms with Gasteiger partial charge < -0.3 is 9.15 Å². The van der Waals surface area contributed by atoms with Gasteiger partial charge in [-0.25, -0.2) is 4.79 Å². The Morgan fingerprint density at radius 1 is 1.38 bits per heavy atom. The van der Waals surface area contributed by atoms with Gasteiger partial charge in [0.2, 0.25) is 5.75 Å². The van der Waals surface area contributed by atoms with E-state index in [1.165, 1.54) is 31.4 Å². The lowest BCUT2D eigenvalue weighted by atomic mass is 10.2. The van der Waals surface area contributed by atoms with Crippen molar-refractivity contribution in [3.8, 4) is 5.75 Å². The molecule has 0 bridgehead atoms. The fourth-order valence-corrected chi connectivity index (χ4v) is 1.39. The maximum absolute atomic E-state index is 11.0. The van der Waals surface area contributed by atoms with E-state index in [4.69, 9.17) is 9.15 Å². The molecule has 0 atom stereocenters. The number of methoxy groups -OCH3 is 1. The summed E-state index contributed by atoms with van der Waals surface area (Å²) in [5, 5.41) is 11.2. The summed E-state index contributed by atoms with van der Waals surface area (Å²) in [6.07, 6.45) is 0. The first kappa shape index (κ1) is 10.2. The lowest BCUT2D eigenvalue weighted by Gasteiger charge is -2.02. The SMILES string of the molecule is COc1cc2oc(=O)ccc2cc1[N+](=O)[O-]. The zero-order valence-corrected chi connectivity index (χ0v) is 8.30. The lowest BCUT2D eigenvalue weighted by Crippen LogP contribution is -1.97. The van der Waals surface area contributed by atoms with Crippen molar-refractivity contribution in [1.82, 2.24) is 0 Å². The molecule has 1 aromatic carbocycles. The van der Waals surface area contributed by atoms with Crippen molar-refractivity contribution in [1.29, 1.82) is 0 Å². The smallest absolute Gasteiger partial charge is 0.336 e. The molecule has 0 aliphatic rings. The molecule has 6 heteroatoms. The van der Waals surface area contributed by atoms with Crippen LogP contribution in [0.4, 0.5) is 5.69 Å². The molecule has 2 rings (SSSR count). The van der Waals surface area contributed by atoms with E-state index < -0.39 is 10.5 Å². The molecule has 82 valence electrons. The minimum Gasteiger partial charge on any atom is -0.490 e. The number of benzene rings is 1. The van der Waals surface area contributed by atoms with Crippen LogP contribution in [-0.4, -0.2) is 12.0 Å². The van der Waals surface area contributed by atoms with Crippen LogP contribution < -0.4 is 10.4 Å². The topological polar surface area (TPSA) is 82.6 Å². The van der Waals surface area contributed by atoms with Crippen molar-refractivity contribution in [2.45, 2.75) is 0 Å². The molecular formula is C10H7NO5. The van der Waals surface area contributed by atoms with Crippen molar-refractivity contribution in [3.63, 3.8) is 0 Å². The highest BCUT2D eigenvalue weighted by Crippen LogP contribution is 2.31. The van der Waals surface area contributed by atoms with Crippen LogP contribution >= 0.6 is 0 Å². The van der Waals surface area contributed by atoms with Crippen LogP contribution in [0.1, 0.15) is 0 Å². The van der Waals surface area contributed by atoms with Gasteiger partial charge in [-0.2, -0.15) is 0 Å². The van der Waals surface area contributed by atoms with E-state index in [9.17, 15) is 14.9 Å². The Hall–Kier alpha value is -2.37. The number of nitro benzene ring substituents is 1. The van der Waals surface area contributed by atoms with Crippen LogP contribution in [0.2, 0.25) is 0 Å². The summed E-state index contributed by atoms with van der Waals surface area (Å²) >= 11 is 0. The van der Waals surface area contributed by atoms with Gasteiger partial charge in [-0.15, -0.1) is 0 Å². The fourth-order valence-electron chi connectivity index (χ4n) is 1.39. The molecule has 0 fully saturated rings. The van der Waals surface area contributed by atoms with Gasteiger partial charge in [0, 0.05) is 23.6 Å². The minimum absolute atomic E-state index is 0.0619. The quantitative estimate of drug-likeness (QED) is 0.438. The molecule has 1 aromatic heterocycles. The number of fused-ring (bicyclic) bond motifs is 1. The molecule has 0 spiro atoms. The molecule has 0 aliphatic carbocycles. The standard InChI is InChI=1S/C10H7NO5/c1-15-9-5-8-6(2-3-10(12)16-8)4-7(9)11(13)14/h2-5H,1H3. The second kappa shape index (κ2) is 3.65. The third-order valence-electron chi connectivity index (χ3n) is 2.12. The van der Waals surface area contributed by atoms with E-state index in [-0.39, 0.29) is 17.0 Å². The van der Waals surface area contributed by atoms with Gasteiger partial charge in [0.1, 0.15) is 5.58 Å². The summed E-state index contributed by atoms with van der Waals surface area (Å²) in [5.41, 5.74) is -0.415. The normalized spacial score (nSPS) is 10.3. The largest absolute Gasteiger partial charge is 0.490 e. The number of ether oxygens (including phenoxy) is 1. The molecule has 0 N–H and O–H groups in total. The van der Waals surface area contributed by atoms with E-state index in [0.717, 1.165) is 0 Å². The fraction of sp³-hybridized carbons (Fsp3) is 0.100. The Kier molecular flexibility index (Phi) is 2.32. The number of nitrogens with zero attached hydrogens (tertiary/aromatic N) is 1. The van der Waals surface area contributed by atoms with Crippen LogP contribution in [0.5, 0.6) is 5.75 Å². The zero-order chi connectivity index (χ0) is 11.7. The second-order valence-electron chi connectivity index (χ2n) is 3.07. The van der Waals surface area contributed by atoms with E-state index in [1.807, 2.05) is 0 Å². The van der Waals surface area contributed by atoms with Crippen LogP contribution in [0, 0.1) is 10.1 Å². The van der Waals surface area contributed by atoms with E-state index in [0.29, 0.717) is 5.39 Å². The van der Waals surface area contributed by atoms with Crippen LogP contribution in [0.3, 0.4) is 0 Å². The lowest BCUT2D eigenvalue weighted by molar-refractivity contribution is -0.385. The molecule has 16 heavy (non-hydrogen) atoms. The Morgan fingerprint density at radius 2 is 2.12 bits per heavy atom. The van der Waals surface area contributed by atoms with Gasteiger partial charge in [0.15, 0.2) is 0 Å². The zero-order valence-electron chi connectivity index (χ0n) is 8.30. The first-order valence-corrected chi connectivity index (χ1v) is 4.38. The summed E-state index contributed by atoms with van der Waals surface area (Å²) in [7, 11) is 1.31. The summed E-state index contributed by atoms with van der Waals surface area (Å²) < 4.78 is 9.73. The predicted molar refractivity (Wildman–Crippen MR) is 55.7 cm³/mol. The molecule has 2 aromatic rings. The first-order valence-electron chi connectivity index (χ1n) is 4.38. The van der Waals surface area contributed by atoms with Crippen LogP contribution in [0.25, 0.3) is 11.0 Å². The van der Waals surface area contributed by atoms with Crippen molar-refractivity contribution < 1.29 is 14.1 Å².